The van der Waals surface area contributed by atoms with Gasteiger partial charge >= 0.3 is 12.1 Å². The van der Waals surface area contributed by atoms with Gasteiger partial charge in [-0.2, -0.15) is 13.2 Å². The number of aromatic nitrogens is 1. The van der Waals surface area contributed by atoms with Crippen molar-refractivity contribution in [3.05, 3.63) is 29.1 Å². The summed E-state index contributed by atoms with van der Waals surface area (Å²) in [5.41, 5.74) is -2.78. The van der Waals surface area contributed by atoms with Gasteiger partial charge in [-0.05, 0) is 18.6 Å². The molecule has 8 heteroatoms. The Balaban J connectivity index is 3.13. The highest BCUT2D eigenvalue weighted by atomic mass is 19.4. The van der Waals surface area contributed by atoms with Crippen LogP contribution in [-0.2, 0) is 22.1 Å². The Kier molecular flexibility index (Phi) is 4.79. The zero-order valence-electron chi connectivity index (χ0n) is 9.80. The zero-order chi connectivity index (χ0) is 14.6. The lowest BCUT2D eigenvalue weighted by molar-refractivity contribution is -0.143. The van der Waals surface area contributed by atoms with Crippen LogP contribution < -0.4 is 0 Å². The molecular weight excluding hydrogens is 273 g/mol. The van der Waals surface area contributed by atoms with E-state index in [9.17, 15) is 26.7 Å². The van der Waals surface area contributed by atoms with Crippen LogP contribution in [0.25, 0.3) is 0 Å². The highest BCUT2D eigenvalue weighted by molar-refractivity contribution is 5.73. The van der Waals surface area contributed by atoms with Crippen LogP contribution in [-0.4, -0.2) is 17.6 Å². The Labute approximate surface area is 105 Å². The van der Waals surface area contributed by atoms with Gasteiger partial charge in [-0.15, -0.1) is 0 Å². The van der Waals surface area contributed by atoms with Crippen LogP contribution in [0.1, 0.15) is 30.2 Å². The standard InChI is InChI=1S/C11H10F5NO2/c1-2-19-9(18)3-6-5-17-8(10(12)13)4-7(6)11(14,15)16/h4-5,10H,2-3H2,1H3. The molecule has 1 rings (SSSR count). The van der Waals surface area contributed by atoms with Crippen LogP contribution in [0, 0.1) is 0 Å². The molecule has 0 atom stereocenters. The van der Waals surface area contributed by atoms with Crippen molar-refractivity contribution in [3.63, 3.8) is 0 Å². The summed E-state index contributed by atoms with van der Waals surface area (Å²) < 4.78 is 67.3. The summed E-state index contributed by atoms with van der Waals surface area (Å²) in [6.07, 6.45) is -7.99. The van der Waals surface area contributed by atoms with Crippen LogP contribution >= 0.6 is 0 Å². The Morgan fingerprint density at radius 3 is 2.53 bits per heavy atom. The normalized spacial score (nSPS) is 11.7. The van der Waals surface area contributed by atoms with Crippen LogP contribution in [0.5, 0.6) is 0 Å². The number of hydrogen-bond donors (Lipinski definition) is 0. The Morgan fingerprint density at radius 1 is 1.42 bits per heavy atom. The summed E-state index contributed by atoms with van der Waals surface area (Å²) in [6.45, 7) is 1.52. The molecule has 1 aromatic heterocycles. The number of rotatable bonds is 4. The third-order valence-corrected chi connectivity index (χ3v) is 2.18. The third kappa shape index (κ3) is 4.15. The molecule has 0 bridgehead atoms. The van der Waals surface area contributed by atoms with Gasteiger partial charge in [-0.25, -0.2) is 8.78 Å². The summed E-state index contributed by atoms with van der Waals surface area (Å²) in [6, 6.07) is 0.249. The first-order valence-corrected chi connectivity index (χ1v) is 5.25. The van der Waals surface area contributed by atoms with Gasteiger partial charge in [-0.3, -0.25) is 9.78 Å². The maximum atomic E-state index is 12.7. The molecule has 0 spiro atoms. The van der Waals surface area contributed by atoms with Gasteiger partial charge in [0.1, 0.15) is 5.69 Å². The minimum Gasteiger partial charge on any atom is -0.466 e. The Bertz CT molecular complexity index is 459. The van der Waals surface area contributed by atoms with Crippen molar-refractivity contribution < 1.29 is 31.5 Å². The van der Waals surface area contributed by atoms with Crippen LogP contribution in [0.4, 0.5) is 22.0 Å². The van der Waals surface area contributed by atoms with E-state index in [-0.39, 0.29) is 12.7 Å². The first-order chi connectivity index (χ1) is 8.75. The Morgan fingerprint density at radius 2 is 2.05 bits per heavy atom. The number of hydrogen-bond acceptors (Lipinski definition) is 3. The summed E-state index contributed by atoms with van der Waals surface area (Å²) in [5.74, 6) is -0.875. The topological polar surface area (TPSA) is 39.2 Å². The summed E-state index contributed by atoms with van der Waals surface area (Å²) in [7, 11) is 0. The number of alkyl halides is 5. The smallest absolute Gasteiger partial charge is 0.416 e. The molecule has 1 aromatic rings. The number of ether oxygens (including phenoxy) is 1. The van der Waals surface area contributed by atoms with Crippen molar-refractivity contribution >= 4 is 5.97 Å². The molecule has 3 nitrogen and oxygen atoms in total. The molecule has 0 aliphatic carbocycles. The maximum absolute atomic E-state index is 12.7. The number of carbonyl (C=O) groups is 1. The van der Waals surface area contributed by atoms with Gasteiger partial charge in [0.2, 0.25) is 0 Å². The molecule has 0 aliphatic rings. The molecule has 0 N–H and O–H groups in total. The van der Waals surface area contributed by atoms with Crippen LogP contribution in [0.3, 0.4) is 0 Å². The van der Waals surface area contributed by atoms with E-state index < -0.39 is 41.8 Å². The molecule has 0 aliphatic heterocycles. The second-order valence-electron chi connectivity index (χ2n) is 3.55. The van der Waals surface area contributed by atoms with E-state index in [0.29, 0.717) is 6.20 Å². The number of esters is 1. The van der Waals surface area contributed by atoms with E-state index >= 15 is 0 Å². The van der Waals surface area contributed by atoms with Crippen molar-refractivity contribution in [1.29, 1.82) is 0 Å². The lowest BCUT2D eigenvalue weighted by Crippen LogP contribution is -2.15. The average molecular weight is 283 g/mol. The molecule has 0 unspecified atom stereocenters. The van der Waals surface area contributed by atoms with Gasteiger partial charge in [-0.1, -0.05) is 0 Å². The van der Waals surface area contributed by atoms with E-state index in [1.54, 1.807) is 0 Å². The molecule has 106 valence electrons. The quantitative estimate of drug-likeness (QED) is 0.629. The fourth-order valence-corrected chi connectivity index (χ4v) is 1.39. The monoisotopic (exact) mass is 283 g/mol. The molecular formula is C11H10F5NO2. The molecule has 1 heterocycles. The minimum absolute atomic E-state index is 0.0166. The average Bonchev–Trinajstić information content (AvgIpc) is 2.27. The Hall–Kier alpha value is -1.73. The highest BCUT2D eigenvalue weighted by Crippen LogP contribution is 2.34. The van der Waals surface area contributed by atoms with E-state index in [1.165, 1.54) is 6.92 Å². The van der Waals surface area contributed by atoms with Crippen LogP contribution in [0.2, 0.25) is 0 Å². The van der Waals surface area contributed by atoms with Crippen molar-refractivity contribution in [1.82, 2.24) is 4.98 Å². The number of carbonyl (C=O) groups excluding carboxylic acids is 1. The number of halogens is 5. The predicted octanol–water partition coefficient (Wildman–Crippen LogP) is 3.14. The molecule has 0 fully saturated rings. The molecule has 19 heavy (non-hydrogen) atoms. The summed E-state index contributed by atoms with van der Waals surface area (Å²) in [5, 5.41) is 0. The second kappa shape index (κ2) is 5.94. The summed E-state index contributed by atoms with van der Waals surface area (Å²) in [4.78, 5) is 14.4. The first kappa shape index (κ1) is 15.3. The molecule has 0 saturated carbocycles. The van der Waals surface area contributed by atoms with Crippen molar-refractivity contribution in [3.8, 4) is 0 Å². The van der Waals surface area contributed by atoms with E-state index in [2.05, 4.69) is 9.72 Å². The van der Waals surface area contributed by atoms with Gasteiger partial charge in [0.15, 0.2) is 0 Å². The third-order valence-electron chi connectivity index (χ3n) is 2.18. The largest absolute Gasteiger partial charge is 0.466 e. The first-order valence-electron chi connectivity index (χ1n) is 5.25. The second-order valence-corrected chi connectivity index (χ2v) is 3.55. The predicted molar refractivity (Wildman–Crippen MR) is 54.5 cm³/mol. The molecule has 0 amide bonds. The van der Waals surface area contributed by atoms with Gasteiger partial charge < -0.3 is 4.74 Å². The SMILES string of the molecule is CCOC(=O)Cc1cnc(C(F)F)cc1C(F)(F)F. The molecule has 0 saturated heterocycles. The molecule has 0 aromatic carbocycles. The maximum Gasteiger partial charge on any atom is 0.416 e. The number of nitrogens with zero attached hydrogens (tertiary/aromatic N) is 1. The van der Waals surface area contributed by atoms with Crippen LogP contribution in [0.15, 0.2) is 12.3 Å². The lowest BCUT2D eigenvalue weighted by atomic mass is 10.1. The minimum atomic E-state index is -4.84. The highest BCUT2D eigenvalue weighted by Gasteiger charge is 2.35. The van der Waals surface area contributed by atoms with Gasteiger partial charge in [0, 0.05) is 6.20 Å². The number of pyridine rings is 1. The van der Waals surface area contributed by atoms with E-state index in [0.717, 1.165) is 0 Å². The van der Waals surface area contributed by atoms with Crippen molar-refractivity contribution in [2.24, 2.45) is 0 Å². The fourth-order valence-electron chi connectivity index (χ4n) is 1.39. The van der Waals surface area contributed by atoms with E-state index in [1.807, 2.05) is 0 Å². The van der Waals surface area contributed by atoms with Crippen molar-refractivity contribution in [2.75, 3.05) is 6.61 Å². The van der Waals surface area contributed by atoms with Crippen molar-refractivity contribution in [2.45, 2.75) is 25.9 Å². The molecule has 0 radical (unpaired) electrons. The lowest BCUT2D eigenvalue weighted by Gasteiger charge is -2.13. The fraction of sp³-hybridized carbons (Fsp3) is 0.455. The zero-order valence-corrected chi connectivity index (χ0v) is 9.80. The van der Waals surface area contributed by atoms with E-state index in [4.69, 9.17) is 0 Å². The summed E-state index contributed by atoms with van der Waals surface area (Å²) >= 11 is 0. The van der Waals surface area contributed by atoms with Gasteiger partial charge in [0.25, 0.3) is 6.43 Å². The van der Waals surface area contributed by atoms with Gasteiger partial charge in [0.05, 0.1) is 18.6 Å².